The zero-order chi connectivity index (χ0) is 17.0. The molecule has 0 aromatic heterocycles. The van der Waals surface area contributed by atoms with Gasteiger partial charge in [0.15, 0.2) is 13.1 Å². The lowest BCUT2D eigenvalue weighted by molar-refractivity contribution is -0.140. The van der Waals surface area contributed by atoms with Gasteiger partial charge in [0.1, 0.15) is 0 Å². The lowest BCUT2D eigenvalue weighted by atomic mass is 10.1. The van der Waals surface area contributed by atoms with E-state index < -0.39 is 0 Å². The Bertz CT molecular complexity index is 238. The molecule has 0 aliphatic carbocycles. The molecule has 0 saturated heterocycles. The smallest absolute Gasteiger partial charge is 0.187 e. The molecule has 0 radical (unpaired) electrons. The standard InChI is InChI=1S/C19H38O4/c1-4-22-19(23-5-2)16-14-12-10-8-6-7-9-11-13-15-17-21-18-20-3/h15,17,19H,4-14,16,18H2,1-3H3. The molecule has 0 bridgehead atoms. The molecule has 0 aliphatic heterocycles. The molecule has 0 heterocycles. The summed E-state index contributed by atoms with van der Waals surface area (Å²) in [4.78, 5) is 0. The number of rotatable bonds is 18. The van der Waals surface area contributed by atoms with E-state index in [0.717, 1.165) is 26.1 Å². The van der Waals surface area contributed by atoms with E-state index in [0.29, 0.717) is 6.79 Å². The Hall–Kier alpha value is -0.580. The maximum atomic E-state index is 5.55. The van der Waals surface area contributed by atoms with Crippen molar-refractivity contribution < 1.29 is 18.9 Å². The fraction of sp³-hybridized carbons (Fsp3) is 0.895. The first-order valence-electron chi connectivity index (χ1n) is 9.33. The molecule has 0 atom stereocenters. The van der Waals surface area contributed by atoms with Crippen molar-refractivity contribution in [3.05, 3.63) is 12.3 Å². The van der Waals surface area contributed by atoms with Crippen LogP contribution in [0, 0.1) is 0 Å². The molecule has 4 heteroatoms. The number of hydrogen-bond acceptors (Lipinski definition) is 4. The van der Waals surface area contributed by atoms with Crippen molar-refractivity contribution in [1.82, 2.24) is 0 Å². The van der Waals surface area contributed by atoms with Crippen LogP contribution in [-0.2, 0) is 18.9 Å². The van der Waals surface area contributed by atoms with Crippen molar-refractivity contribution in [2.45, 2.75) is 84.3 Å². The molecule has 0 aromatic carbocycles. The van der Waals surface area contributed by atoms with E-state index in [1.807, 2.05) is 13.8 Å². The van der Waals surface area contributed by atoms with E-state index >= 15 is 0 Å². The summed E-state index contributed by atoms with van der Waals surface area (Å²) >= 11 is 0. The van der Waals surface area contributed by atoms with Crippen LogP contribution in [0.4, 0.5) is 0 Å². The van der Waals surface area contributed by atoms with E-state index in [1.54, 1.807) is 13.4 Å². The first kappa shape index (κ1) is 22.4. The third-order valence-electron chi connectivity index (χ3n) is 3.64. The van der Waals surface area contributed by atoms with Gasteiger partial charge in [0.25, 0.3) is 0 Å². The molecular weight excluding hydrogens is 292 g/mol. The van der Waals surface area contributed by atoms with Crippen LogP contribution in [0.15, 0.2) is 12.3 Å². The zero-order valence-electron chi connectivity index (χ0n) is 15.6. The predicted octanol–water partition coefficient (Wildman–Crippen LogP) is 5.42. The molecule has 0 saturated carbocycles. The van der Waals surface area contributed by atoms with Crippen LogP contribution in [-0.4, -0.2) is 33.4 Å². The molecule has 0 spiro atoms. The summed E-state index contributed by atoms with van der Waals surface area (Å²) < 4.78 is 21.0. The lowest BCUT2D eigenvalue weighted by Crippen LogP contribution is -2.17. The normalized spacial score (nSPS) is 11.7. The minimum Gasteiger partial charge on any atom is -0.476 e. The largest absolute Gasteiger partial charge is 0.476 e. The van der Waals surface area contributed by atoms with Crippen molar-refractivity contribution in [2.24, 2.45) is 0 Å². The summed E-state index contributed by atoms with van der Waals surface area (Å²) in [5, 5.41) is 0. The molecule has 0 unspecified atom stereocenters. The number of allylic oxidation sites excluding steroid dienone is 1. The molecule has 0 aromatic rings. The SMILES string of the molecule is CCOC(CCCCCCCCCCC=COCOC)OCC. The van der Waals surface area contributed by atoms with Crippen molar-refractivity contribution in [2.75, 3.05) is 27.1 Å². The van der Waals surface area contributed by atoms with Gasteiger partial charge in [0.2, 0.25) is 0 Å². The number of ether oxygens (including phenoxy) is 4. The molecule has 138 valence electrons. The minimum atomic E-state index is 0.00548. The van der Waals surface area contributed by atoms with Gasteiger partial charge in [-0.05, 0) is 45.6 Å². The monoisotopic (exact) mass is 330 g/mol. The summed E-state index contributed by atoms with van der Waals surface area (Å²) in [7, 11) is 1.63. The quantitative estimate of drug-likeness (QED) is 0.191. The van der Waals surface area contributed by atoms with E-state index in [2.05, 4.69) is 6.08 Å². The van der Waals surface area contributed by atoms with Gasteiger partial charge in [0, 0.05) is 20.3 Å². The van der Waals surface area contributed by atoms with Gasteiger partial charge in [-0.15, -0.1) is 0 Å². The topological polar surface area (TPSA) is 36.9 Å². The van der Waals surface area contributed by atoms with Crippen LogP contribution in [0.2, 0.25) is 0 Å². The number of unbranched alkanes of at least 4 members (excludes halogenated alkanes) is 8. The summed E-state index contributed by atoms with van der Waals surface area (Å²) in [6.45, 7) is 5.85. The second-order valence-electron chi connectivity index (χ2n) is 5.69. The number of methoxy groups -OCH3 is 1. The highest BCUT2D eigenvalue weighted by atomic mass is 16.7. The summed E-state index contributed by atoms with van der Waals surface area (Å²) in [6, 6.07) is 0. The maximum absolute atomic E-state index is 5.55. The summed E-state index contributed by atoms with van der Waals surface area (Å²) in [5.41, 5.74) is 0. The highest BCUT2D eigenvalue weighted by Crippen LogP contribution is 2.13. The van der Waals surface area contributed by atoms with Crippen LogP contribution in [0.3, 0.4) is 0 Å². The minimum absolute atomic E-state index is 0.00548. The molecular formula is C19H38O4. The predicted molar refractivity (Wildman–Crippen MR) is 95.3 cm³/mol. The molecule has 4 nitrogen and oxygen atoms in total. The highest BCUT2D eigenvalue weighted by molar-refractivity contribution is 4.72. The Balaban J connectivity index is 3.22. The first-order valence-corrected chi connectivity index (χ1v) is 9.33. The molecule has 0 aliphatic rings. The Morgan fingerprint density at radius 2 is 1.35 bits per heavy atom. The lowest BCUT2D eigenvalue weighted by Gasteiger charge is -2.16. The molecule has 23 heavy (non-hydrogen) atoms. The highest BCUT2D eigenvalue weighted by Gasteiger charge is 2.06. The number of hydrogen-bond donors (Lipinski definition) is 0. The van der Waals surface area contributed by atoms with Gasteiger partial charge >= 0.3 is 0 Å². The van der Waals surface area contributed by atoms with Crippen molar-refractivity contribution in [1.29, 1.82) is 0 Å². The maximum Gasteiger partial charge on any atom is 0.187 e. The third kappa shape index (κ3) is 17.6. The average molecular weight is 331 g/mol. The Labute approximate surface area is 143 Å². The Kier molecular flexibility index (Phi) is 19.0. The summed E-state index contributed by atoms with van der Waals surface area (Å²) in [6.07, 6.45) is 16.4. The first-order chi connectivity index (χ1) is 11.3. The Morgan fingerprint density at radius 1 is 0.783 bits per heavy atom. The van der Waals surface area contributed by atoms with E-state index in [-0.39, 0.29) is 6.29 Å². The van der Waals surface area contributed by atoms with Gasteiger partial charge in [-0.2, -0.15) is 0 Å². The second kappa shape index (κ2) is 19.5. The van der Waals surface area contributed by atoms with E-state index in [1.165, 1.54) is 51.4 Å². The van der Waals surface area contributed by atoms with Crippen LogP contribution < -0.4 is 0 Å². The van der Waals surface area contributed by atoms with Gasteiger partial charge in [0.05, 0.1) is 6.26 Å². The van der Waals surface area contributed by atoms with Gasteiger partial charge in [-0.25, -0.2) is 0 Å². The van der Waals surface area contributed by atoms with Crippen LogP contribution in [0.1, 0.15) is 78.1 Å². The van der Waals surface area contributed by atoms with Gasteiger partial charge < -0.3 is 18.9 Å². The van der Waals surface area contributed by atoms with E-state index in [4.69, 9.17) is 18.9 Å². The molecule has 0 fully saturated rings. The van der Waals surface area contributed by atoms with Crippen LogP contribution in [0.25, 0.3) is 0 Å². The van der Waals surface area contributed by atoms with Crippen LogP contribution in [0.5, 0.6) is 0 Å². The zero-order valence-corrected chi connectivity index (χ0v) is 15.6. The fourth-order valence-electron chi connectivity index (χ4n) is 2.46. The third-order valence-corrected chi connectivity index (χ3v) is 3.64. The molecule has 0 N–H and O–H groups in total. The van der Waals surface area contributed by atoms with E-state index in [9.17, 15) is 0 Å². The average Bonchev–Trinajstić information content (AvgIpc) is 2.55. The Morgan fingerprint density at radius 3 is 1.91 bits per heavy atom. The van der Waals surface area contributed by atoms with Crippen LogP contribution >= 0.6 is 0 Å². The van der Waals surface area contributed by atoms with Gasteiger partial charge in [-0.1, -0.05) is 38.5 Å². The van der Waals surface area contributed by atoms with Crippen molar-refractivity contribution in [3.8, 4) is 0 Å². The van der Waals surface area contributed by atoms with Crippen molar-refractivity contribution in [3.63, 3.8) is 0 Å². The molecule has 0 rings (SSSR count). The van der Waals surface area contributed by atoms with Gasteiger partial charge in [-0.3, -0.25) is 0 Å². The van der Waals surface area contributed by atoms with Crippen molar-refractivity contribution >= 4 is 0 Å². The fourth-order valence-corrected chi connectivity index (χ4v) is 2.46. The second-order valence-corrected chi connectivity index (χ2v) is 5.69. The summed E-state index contributed by atoms with van der Waals surface area (Å²) in [5.74, 6) is 0. The molecule has 0 amide bonds.